The number of hydrogen-bond acceptors (Lipinski definition) is 2. The van der Waals surface area contributed by atoms with E-state index in [0.717, 1.165) is 27.8 Å². The lowest BCUT2D eigenvalue weighted by Crippen LogP contribution is -2.16. The molecular formula is C24H18N2O. The topological polar surface area (TPSA) is 45.8 Å². The van der Waals surface area contributed by atoms with Gasteiger partial charge >= 0.3 is 5.69 Å². The highest BCUT2D eigenvalue weighted by molar-refractivity contribution is 5.92. The number of aromatic nitrogens is 2. The molecule has 4 aromatic rings. The van der Waals surface area contributed by atoms with Crippen LogP contribution in [-0.2, 0) is 0 Å². The molecule has 3 heteroatoms. The number of nitrogens with zero attached hydrogens (tertiary/aromatic N) is 1. The van der Waals surface area contributed by atoms with Crippen LogP contribution in [0.3, 0.4) is 0 Å². The van der Waals surface area contributed by atoms with Gasteiger partial charge in [0.25, 0.3) is 0 Å². The Balaban J connectivity index is 2.03. The van der Waals surface area contributed by atoms with Crippen LogP contribution in [0.15, 0.2) is 102 Å². The van der Waals surface area contributed by atoms with E-state index in [9.17, 15) is 4.79 Å². The van der Waals surface area contributed by atoms with Crippen molar-refractivity contribution in [2.45, 2.75) is 0 Å². The van der Waals surface area contributed by atoms with Crippen molar-refractivity contribution in [2.24, 2.45) is 0 Å². The summed E-state index contributed by atoms with van der Waals surface area (Å²) in [4.78, 5) is 19.6. The van der Waals surface area contributed by atoms with Crippen molar-refractivity contribution in [1.29, 1.82) is 0 Å². The molecule has 0 saturated heterocycles. The van der Waals surface area contributed by atoms with Crippen molar-refractivity contribution in [2.75, 3.05) is 0 Å². The van der Waals surface area contributed by atoms with Gasteiger partial charge in [-0.15, -0.1) is 0 Å². The molecule has 0 bridgehead atoms. The predicted molar refractivity (Wildman–Crippen MR) is 110 cm³/mol. The molecule has 0 atom stereocenters. The second-order valence-electron chi connectivity index (χ2n) is 6.22. The van der Waals surface area contributed by atoms with Gasteiger partial charge in [-0.2, -0.15) is 4.98 Å². The Morgan fingerprint density at radius 1 is 0.741 bits per heavy atom. The molecule has 3 aromatic carbocycles. The third-order valence-corrected chi connectivity index (χ3v) is 4.47. The van der Waals surface area contributed by atoms with Crippen LogP contribution in [0.2, 0.25) is 0 Å². The summed E-state index contributed by atoms with van der Waals surface area (Å²) in [7, 11) is 0. The van der Waals surface area contributed by atoms with Crippen LogP contribution in [0.5, 0.6) is 0 Å². The molecule has 0 radical (unpaired) electrons. The smallest absolute Gasteiger partial charge is 0.305 e. The molecule has 1 heterocycles. The second kappa shape index (κ2) is 7.26. The molecule has 0 aliphatic rings. The zero-order valence-corrected chi connectivity index (χ0v) is 14.7. The maximum atomic E-state index is 12.4. The molecule has 0 aliphatic carbocycles. The summed E-state index contributed by atoms with van der Waals surface area (Å²) < 4.78 is 0. The molecule has 0 fully saturated rings. The number of hydrogen-bond donors (Lipinski definition) is 1. The van der Waals surface area contributed by atoms with Gasteiger partial charge in [0, 0.05) is 11.1 Å². The van der Waals surface area contributed by atoms with Crippen molar-refractivity contribution >= 4 is 5.57 Å². The Kier molecular flexibility index (Phi) is 4.50. The van der Waals surface area contributed by atoms with Crippen LogP contribution in [0, 0.1) is 0 Å². The normalized spacial score (nSPS) is 10.5. The van der Waals surface area contributed by atoms with Crippen LogP contribution in [0.1, 0.15) is 11.3 Å². The van der Waals surface area contributed by atoms with Gasteiger partial charge < -0.3 is 4.98 Å². The minimum Gasteiger partial charge on any atom is -0.305 e. The standard InChI is InChI=1S/C24H18N2O/c1-17(18-11-5-2-6-12-18)22-21(19-13-7-3-8-14-19)23(26-24(27)25-22)20-15-9-4-10-16-20/h2-16H,1H2,(H,25,26,27). The van der Waals surface area contributed by atoms with Gasteiger partial charge in [0.15, 0.2) is 0 Å². The van der Waals surface area contributed by atoms with Crippen LogP contribution in [0.4, 0.5) is 0 Å². The quantitative estimate of drug-likeness (QED) is 0.552. The fourth-order valence-corrected chi connectivity index (χ4v) is 3.17. The fraction of sp³-hybridized carbons (Fsp3) is 0. The van der Waals surface area contributed by atoms with E-state index >= 15 is 0 Å². The van der Waals surface area contributed by atoms with Gasteiger partial charge in [-0.1, -0.05) is 97.6 Å². The molecular weight excluding hydrogens is 332 g/mol. The van der Waals surface area contributed by atoms with Crippen molar-refractivity contribution in [3.8, 4) is 22.4 Å². The lowest BCUT2D eigenvalue weighted by Gasteiger charge is -2.16. The van der Waals surface area contributed by atoms with E-state index in [-0.39, 0.29) is 5.69 Å². The third-order valence-electron chi connectivity index (χ3n) is 4.47. The zero-order chi connectivity index (χ0) is 18.6. The van der Waals surface area contributed by atoms with Crippen LogP contribution >= 0.6 is 0 Å². The lowest BCUT2D eigenvalue weighted by atomic mass is 9.92. The first-order chi connectivity index (χ1) is 13.2. The first-order valence-electron chi connectivity index (χ1n) is 8.74. The highest BCUT2D eigenvalue weighted by atomic mass is 16.1. The van der Waals surface area contributed by atoms with Crippen LogP contribution in [-0.4, -0.2) is 9.97 Å². The maximum absolute atomic E-state index is 12.4. The molecule has 27 heavy (non-hydrogen) atoms. The molecule has 0 spiro atoms. The average Bonchev–Trinajstić information content (AvgIpc) is 2.74. The van der Waals surface area contributed by atoms with E-state index in [2.05, 4.69) is 16.5 Å². The number of benzene rings is 3. The SMILES string of the molecule is C=C(c1ccccc1)c1[nH]c(=O)nc(-c2ccccc2)c1-c1ccccc1. The van der Waals surface area contributed by atoms with E-state index in [1.165, 1.54) is 0 Å². The van der Waals surface area contributed by atoms with E-state index < -0.39 is 0 Å². The summed E-state index contributed by atoms with van der Waals surface area (Å²) in [5.74, 6) is 0. The minimum absolute atomic E-state index is 0.388. The summed E-state index contributed by atoms with van der Waals surface area (Å²) in [5.41, 5.74) is 5.40. The molecule has 4 rings (SSSR count). The predicted octanol–water partition coefficient (Wildman–Crippen LogP) is 5.17. The number of H-pyrrole nitrogens is 1. The van der Waals surface area contributed by atoms with Crippen molar-refractivity contribution in [3.05, 3.63) is 119 Å². The highest BCUT2D eigenvalue weighted by Crippen LogP contribution is 2.35. The molecule has 3 nitrogen and oxygen atoms in total. The van der Waals surface area contributed by atoms with Crippen molar-refractivity contribution in [3.63, 3.8) is 0 Å². The van der Waals surface area contributed by atoms with Crippen molar-refractivity contribution < 1.29 is 0 Å². The number of aromatic amines is 1. The van der Waals surface area contributed by atoms with Gasteiger partial charge in [0.2, 0.25) is 0 Å². The number of nitrogens with one attached hydrogen (secondary N) is 1. The Morgan fingerprint density at radius 3 is 1.85 bits per heavy atom. The van der Waals surface area contributed by atoms with Gasteiger partial charge in [0.05, 0.1) is 11.4 Å². The second-order valence-corrected chi connectivity index (χ2v) is 6.22. The summed E-state index contributed by atoms with van der Waals surface area (Å²) >= 11 is 0. The largest absolute Gasteiger partial charge is 0.346 e. The lowest BCUT2D eigenvalue weighted by molar-refractivity contribution is 1.06. The summed E-state index contributed by atoms with van der Waals surface area (Å²) in [6, 6.07) is 29.6. The van der Waals surface area contributed by atoms with E-state index in [1.807, 2.05) is 91.0 Å². The van der Waals surface area contributed by atoms with E-state index in [4.69, 9.17) is 0 Å². The summed E-state index contributed by atoms with van der Waals surface area (Å²) in [6.45, 7) is 4.26. The first kappa shape index (κ1) is 16.7. The Morgan fingerprint density at radius 2 is 1.26 bits per heavy atom. The Bertz CT molecular complexity index is 1130. The monoisotopic (exact) mass is 350 g/mol. The third kappa shape index (κ3) is 3.35. The molecule has 130 valence electrons. The van der Waals surface area contributed by atoms with E-state index in [1.54, 1.807) is 0 Å². The highest BCUT2D eigenvalue weighted by Gasteiger charge is 2.18. The van der Waals surface area contributed by atoms with Crippen LogP contribution < -0.4 is 5.69 Å². The molecule has 0 aliphatic heterocycles. The van der Waals surface area contributed by atoms with Gasteiger partial charge in [-0.05, 0) is 16.7 Å². The van der Waals surface area contributed by atoms with E-state index in [0.29, 0.717) is 11.4 Å². The van der Waals surface area contributed by atoms with Crippen molar-refractivity contribution in [1.82, 2.24) is 9.97 Å². The van der Waals surface area contributed by atoms with Gasteiger partial charge in [-0.25, -0.2) is 4.79 Å². The summed E-state index contributed by atoms with van der Waals surface area (Å²) in [6.07, 6.45) is 0. The molecule has 1 aromatic heterocycles. The molecule has 0 saturated carbocycles. The number of rotatable bonds is 4. The van der Waals surface area contributed by atoms with Gasteiger partial charge in [-0.3, -0.25) is 0 Å². The van der Waals surface area contributed by atoms with Gasteiger partial charge in [0.1, 0.15) is 0 Å². The zero-order valence-electron chi connectivity index (χ0n) is 14.7. The fourth-order valence-electron chi connectivity index (χ4n) is 3.17. The summed E-state index contributed by atoms with van der Waals surface area (Å²) in [5, 5.41) is 0. The first-order valence-corrected chi connectivity index (χ1v) is 8.74. The average molecular weight is 350 g/mol. The molecule has 0 amide bonds. The molecule has 0 unspecified atom stereocenters. The van der Waals surface area contributed by atoms with Crippen LogP contribution in [0.25, 0.3) is 28.0 Å². The maximum Gasteiger partial charge on any atom is 0.346 e. The Hall–Kier alpha value is -3.72. The minimum atomic E-state index is -0.388. The Labute approximate surface area is 157 Å². The molecule has 1 N–H and O–H groups in total.